The summed E-state index contributed by atoms with van der Waals surface area (Å²) in [5.41, 5.74) is 1.99. The van der Waals surface area contributed by atoms with E-state index in [1.54, 1.807) is 6.20 Å². The smallest absolute Gasteiger partial charge is 0.188 e. The van der Waals surface area contributed by atoms with E-state index in [-0.39, 0.29) is 0 Å². The molecule has 0 aliphatic rings. The third-order valence-corrected chi connectivity index (χ3v) is 3.10. The average Bonchev–Trinajstić information content (AvgIpc) is 2.70. The van der Waals surface area contributed by atoms with Gasteiger partial charge in [-0.25, -0.2) is 0 Å². The highest BCUT2D eigenvalue weighted by Crippen LogP contribution is 2.22. The van der Waals surface area contributed by atoms with Crippen LogP contribution in [0.5, 0.6) is 0 Å². The van der Waals surface area contributed by atoms with E-state index in [4.69, 9.17) is 0 Å². The van der Waals surface area contributed by atoms with Crippen molar-refractivity contribution < 1.29 is 0 Å². The average molecular weight is 242 g/mol. The first kappa shape index (κ1) is 10.3. The first-order valence-corrected chi connectivity index (χ1v) is 5.64. The summed E-state index contributed by atoms with van der Waals surface area (Å²) in [5, 5.41) is 9.74. The van der Waals surface area contributed by atoms with Gasteiger partial charge in [0.15, 0.2) is 11.0 Å². The number of rotatable bonds is 1. The molecule has 2 aromatic heterocycles. The highest BCUT2D eigenvalue weighted by molar-refractivity contribution is 7.80. The molecule has 4 nitrogen and oxygen atoms in total. The van der Waals surface area contributed by atoms with Gasteiger partial charge >= 0.3 is 0 Å². The van der Waals surface area contributed by atoms with Crippen LogP contribution in [0.1, 0.15) is 0 Å². The van der Waals surface area contributed by atoms with Crippen LogP contribution < -0.4 is 0 Å². The van der Waals surface area contributed by atoms with Crippen LogP contribution in [0.15, 0.2) is 41.7 Å². The Bertz CT molecular complexity index is 690. The van der Waals surface area contributed by atoms with Gasteiger partial charge in [0.1, 0.15) is 0 Å². The molecule has 0 fully saturated rings. The van der Waals surface area contributed by atoms with Crippen molar-refractivity contribution in [3.63, 3.8) is 0 Å². The first-order valence-electron chi connectivity index (χ1n) is 5.19. The van der Waals surface area contributed by atoms with Crippen molar-refractivity contribution in [2.24, 2.45) is 7.05 Å². The summed E-state index contributed by atoms with van der Waals surface area (Å²) in [7, 11) is 1.89. The summed E-state index contributed by atoms with van der Waals surface area (Å²) in [6, 6.07) is 9.99. The van der Waals surface area contributed by atoms with Crippen molar-refractivity contribution in [1.29, 1.82) is 0 Å². The van der Waals surface area contributed by atoms with Crippen LogP contribution in [-0.2, 0) is 7.05 Å². The molecule has 17 heavy (non-hydrogen) atoms. The summed E-state index contributed by atoms with van der Waals surface area (Å²) in [5.74, 6) is 0.806. The summed E-state index contributed by atoms with van der Waals surface area (Å²) in [6.45, 7) is 0. The number of thiol groups is 1. The molecular weight excluding hydrogens is 232 g/mol. The lowest BCUT2D eigenvalue weighted by atomic mass is 10.1. The lowest BCUT2D eigenvalue weighted by Crippen LogP contribution is -1.93. The number of nitrogens with zero attached hydrogens (tertiary/aromatic N) is 4. The third-order valence-electron chi connectivity index (χ3n) is 2.71. The first-order chi connectivity index (χ1) is 8.25. The fourth-order valence-corrected chi connectivity index (χ4v) is 1.93. The largest absolute Gasteiger partial charge is 0.305 e. The van der Waals surface area contributed by atoms with Gasteiger partial charge in [0.2, 0.25) is 0 Å². The Balaban J connectivity index is 2.21. The minimum absolute atomic E-state index is 0.603. The zero-order valence-electron chi connectivity index (χ0n) is 9.20. The molecule has 3 rings (SSSR count). The van der Waals surface area contributed by atoms with Gasteiger partial charge in [0.05, 0.1) is 5.52 Å². The molecule has 0 spiro atoms. The monoisotopic (exact) mass is 242 g/mol. The summed E-state index contributed by atoms with van der Waals surface area (Å²) < 4.78 is 1.85. The van der Waals surface area contributed by atoms with E-state index in [0.29, 0.717) is 5.16 Å². The second-order valence-corrected chi connectivity index (χ2v) is 4.19. The van der Waals surface area contributed by atoms with Crippen molar-refractivity contribution in [3.05, 3.63) is 36.5 Å². The van der Waals surface area contributed by atoms with Crippen molar-refractivity contribution in [1.82, 2.24) is 19.7 Å². The highest BCUT2D eigenvalue weighted by atomic mass is 32.1. The lowest BCUT2D eigenvalue weighted by molar-refractivity contribution is 0.798. The molecule has 3 aromatic rings. The minimum Gasteiger partial charge on any atom is -0.305 e. The molecule has 0 bridgehead atoms. The van der Waals surface area contributed by atoms with Crippen LogP contribution in [0.2, 0.25) is 0 Å². The maximum Gasteiger partial charge on any atom is 0.188 e. The second-order valence-electron chi connectivity index (χ2n) is 3.79. The summed E-state index contributed by atoms with van der Waals surface area (Å²) in [4.78, 5) is 4.29. The molecule has 0 aliphatic carbocycles. The molecule has 0 amide bonds. The van der Waals surface area contributed by atoms with Gasteiger partial charge in [-0.2, -0.15) is 0 Å². The molecule has 0 saturated carbocycles. The SMILES string of the molecule is Cn1c(S)nnc1-c1ccc2ncccc2c1. The maximum atomic E-state index is 4.29. The number of aromatic nitrogens is 4. The normalized spacial score (nSPS) is 10.9. The van der Waals surface area contributed by atoms with Gasteiger partial charge in [-0.05, 0) is 24.3 Å². The van der Waals surface area contributed by atoms with Crippen molar-refractivity contribution >= 4 is 23.5 Å². The number of fused-ring (bicyclic) bond motifs is 1. The Morgan fingerprint density at radius 1 is 1.18 bits per heavy atom. The zero-order chi connectivity index (χ0) is 11.8. The minimum atomic E-state index is 0.603. The molecule has 0 radical (unpaired) electrons. The van der Waals surface area contributed by atoms with Crippen LogP contribution in [0.3, 0.4) is 0 Å². The molecule has 0 N–H and O–H groups in total. The van der Waals surface area contributed by atoms with Crippen LogP contribution >= 0.6 is 12.6 Å². The quantitative estimate of drug-likeness (QED) is 0.666. The molecule has 0 aliphatic heterocycles. The van der Waals surface area contributed by atoms with E-state index in [2.05, 4.69) is 33.9 Å². The predicted octanol–water partition coefficient (Wildman–Crippen LogP) is 2.32. The molecular formula is C12H10N4S. The zero-order valence-corrected chi connectivity index (χ0v) is 10.1. The van der Waals surface area contributed by atoms with Gasteiger partial charge in [0.25, 0.3) is 0 Å². The van der Waals surface area contributed by atoms with Crippen molar-refractivity contribution in [2.45, 2.75) is 5.16 Å². The van der Waals surface area contributed by atoms with E-state index in [1.807, 2.05) is 35.9 Å². The lowest BCUT2D eigenvalue weighted by Gasteiger charge is -2.03. The number of hydrogen-bond acceptors (Lipinski definition) is 4. The number of hydrogen-bond donors (Lipinski definition) is 1. The van der Waals surface area contributed by atoms with Gasteiger partial charge in [-0.1, -0.05) is 6.07 Å². The molecule has 1 aromatic carbocycles. The van der Waals surface area contributed by atoms with Gasteiger partial charge in [-0.15, -0.1) is 22.8 Å². The fourth-order valence-electron chi connectivity index (χ4n) is 1.79. The topological polar surface area (TPSA) is 43.6 Å². The van der Waals surface area contributed by atoms with Crippen LogP contribution in [0.25, 0.3) is 22.3 Å². The van der Waals surface area contributed by atoms with Crippen LogP contribution in [-0.4, -0.2) is 19.7 Å². The van der Waals surface area contributed by atoms with Gasteiger partial charge < -0.3 is 4.57 Å². The van der Waals surface area contributed by atoms with Crippen molar-refractivity contribution in [2.75, 3.05) is 0 Å². The van der Waals surface area contributed by atoms with Crippen molar-refractivity contribution in [3.8, 4) is 11.4 Å². The Morgan fingerprint density at radius 2 is 2.06 bits per heavy atom. The molecule has 84 valence electrons. The second kappa shape index (κ2) is 3.85. The summed E-state index contributed by atoms with van der Waals surface area (Å²) in [6.07, 6.45) is 1.79. The molecule has 0 saturated heterocycles. The Morgan fingerprint density at radius 3 is 2.82 bits per heavy atom. The van der Waals surface area contributed by atoms with E-state index in [9.17, 15) is 0 Å². The van der Waals surface area contributed by atoms with Crippen LogP contribution in [0.4, 0.5) is 0 Å². The Hall–Kier alpha value is -1.88. The molecule has 2 heterocycles. The van der Waals surface area contributed by atoms with E-state index in [0.717, 1.165) is 22.3 Å². The van der Waals surface area contributed by atoms with Gasteiger partial charge in [-0.3, -0.25) is 4.98 Å². The molecule has 0 unspecified atom stereocenters. The predicted molar refractivity (Wildman–Crippen MR) is 69.0 cm³/mol. The number of pyridine rings is 1. The Kier molecular flexibility index (Phi) is 2.33. The molecule has 5 heteroatoms. The van der Waals surface area contributed by atoms with Gasteiger partial charge in [0, 0.05) is 24.2 Å². The van der Waals surface area contributed by atoms with E-state index < -0.39 is 0 Å². The fraction of sp³-hybridized carbons (Fsp3) is 0.0833. The van der Waals surface area contributed by atoms with Crippen LogP contribution in [0, 0.1) is 0 Å². The standard InChI is InChI=1S/C12H10N4S/c1-16-11(14-15-12(16)17)9-4-5-10-8(7-9)3-2-6-13-10/h2-7H,1H3,(H,15,17). The molecule has 0 atom stereocenters. The summed E-state index contributed by atoms with van der Waals surface area (Å²) >= 11 is 4.22. The van der Waals surface area contributed by atoms with E-state index >= 15 is 0 Å². The number of benzene rings is 1. The highest BCUT2D eigenvalue weighted by Gasteiger charge is 2.08. The Labute approximate surface area is 104 Å². The van der Waals surface area contributed by atoms with E-state index in [1.165, 1.54) is 0 Å². The third kappa shape index (κ3) is 1.68. The maximum absolute atomic E-state index is 4.29.